The van der Waals surface area contributed by atoms with Crippen molar-refractivity contribution in [3.05, 3.63) is 24.3 Å². The summed E-state index contributed by atoms with van der Waals surface area (Å²) in [4.78, 5) is 11.9. The number of hydrogen-bond acceptors (Lipinski definition) is 5. The third-order valence-electron chi connectivity index (χ3n) is 7.86. The summed E-state index contributed by atoms with van der Waals surface area (Å²) in [5.74, 6) is -0.410. The maximum absolute atomic E-state index is 11.9. The van der Waals surface area contributed by atoms with Crippen LogP contribution in [0.15, 0.2) is 24.3 Å². The molecule has 0 rings (SSSR count). The first kappa shape index (κ1) is 34.2. The van der Waals surface area contributed by atoms with E-state index in [0.29, 0.717) is 6.42 Å². The fourth-order valence-electron chi connectivity index (χ4n) is 3.35. The molecule has 0 radical (unpaired) electrons. The summed E-state index contributed by atoms with van der Waals surface area (Å²) in [7, 11) is -2.69. The largest absolute Gasteiger partial charge is 0.413 e. The highest BCUT2D eigenvalue weighted by molar-refractivity contribution is 6.74. The molecule has 0 aliphatic carbocycles. The maximum Gasteiger partial charge on any atom is 0.220 e. The molecule has 1 amide bonds. The van der Waals surface area contributed by atoms with E-state index in [1.54, 1.807) is 13.2 Å². The van der Waals surface area contributed by atoms with E-state index >= 15 is 0 Å². The molecule has 5 atom stereocenters. The number of aliphatic hydroxyl groups excluding tert-OH is 1. The maximum atomic E-state index is 11.9. The monoisotopic (exact) mass is 529 g/mol. The zero-order valence-electron chi connectivity index (χ0n) is 24.8. The molecule has 35 heavy (non-hydrogen) atoms. The Bertz CT molecular complexity index is 722. The Labute approximate surface area is 217 Å². The van der Waals surface area contributed by atoms with Gasteiger partial charge >= 0.3 is 0 Å². The van der Waals surface area contributed by atoms with E-state index in [2.05, 4.69) is 87.3 Å². The minimum absolute atomic E-state index is 0.00668. The quantitative estimate of drug-likeness (QED) is 0.207. The zero-order chi connectivity index (χ0) is 28.0. The highest BCUT2D eigenvalue weighted by Crippen LogP contribution is 2.40. The van der Waals surface area contributed by atoms with E-state index in [9.17, 15) is 9.90 Å². The summed E-state index contributed by atoms with van der Waals surface area (Å²) in [5.41, 5.74) is 6.57. The molecule has 0 aromatic rings. The average molecular weight is 530 g/mol. The number of ether oxygens (including phenoxy) is 1. The van der Waals surface area contributed by atoms with Crippen molar-refractivity contribution in [2.24, 2.45) is 11.7 Å². The second-order valence-electron chi connectivity index (χ2n) is 13.0. The molecule has 6 nitrogen and oxygen atoms in total. The molecule has 0 fully saturated rings. The zero-order valence-corrected chi connectivity index (χ0v) is 26.8. The number of primary amides is 1. The predicted molar refractivity (Wildman–Crippen MR) is 152 cm³/mol. The van der Waals surface area contributed by atoms with Gasteiger partial charge in [0.05, 0.1) is 24.7 Å². The second kappa shape index (κ2) is 13.1. The molecule has 0 aromatic heterocycles. The number of amides is 1. The lowest BCUT2D eigenvalue weighted by Crippen LogP contribution is -2.47. The van der Waals surface area contributed by atoms with Crippen LogP contribution in [0, 0.1) is 5.92 Å². The Morgan fingerprint density at radius 2 is 1.49 bits per heavy atom. The Hall–Kier alpha value is -0.776. The molecule has 0 heterocycles. The lowest BCUT2D eigenvalue weighted by molar-refractivity contribution is -0.119. The van der Waals surface area contributed by atoms with Crippen LogP contribution in [0.5, 0.6) is 0 Å². The predicted octanol–water partition coefficient (Wildman–Crippen LogP) is 6.18. The molecule has 0 aliphatic heterocycles. The first-order chi connectivity index (χ1) is 15.6. The fourth-order valence-corrected chi connectivity index (χ4v) is 6.10. The number of carbonyl (C=O) groups excluding carboxylic acids is 1. The van der Waals surface area contributed by atoms with Crippen molar-refractivity contribution in [2.45, 2.75) is 129 Å². The van der Waals surface area contributed by atoms with Crippen molar-refractivity contribution < 1.29 is 23.5 Å². The molecule has 0 aromatic carbocycles. The summed E-state index contributed by atoms with van der Waals surface area (Å²) in [5, 5.41) is 10.9. The molecule has 0 unspecified atom stereocenters. The van der Waals surface area contributed by atoms with E-state index < -0.39 is 28.8 Å². The Balaban J connectivity index is 6.18. The topological polar surface area (TPSA) is 91.0 Å². The van der Waals surface area contributed by atoms with Crippen molar-refractivity contribution >= 4 is 22.5 Å². The third kappa shape index (κ3) is 10.6. The van der Waals surface area contributed by atoms with Crippen LogP contribution in [0.4, 0.5) is 0 Å². The molecule has 0 aliphatic rings. The van der Waals surface area contributed by atoms with Crippen LogP contribution in [0.25, 0.3) is 0 Å². The molecular weight excluding hydrogens is 474 g/mol. The van der Waals surface area contributed by atoms with Gasteiger partial charge in [0, 0.05) is 13.5 Å². The van der Waals surface area contributed by atoms with Crippen molar-refractivity contribution in [2.75, 3.05) is 7.11 Å². The number of methoxy groups -OCH3 is 1. The number of carbonyl (C=O) groups is 1. The van der Waals surface area contributed by atoms with Crippen LogP contribution in [0.3, 0.4) is 0 Å². The first-order valence-electron chi connectivity index (χ1n) is 12.7. The van der Waals surface area contributed by atoms with E-state index in [4.69, 9.17) is 19.3 Å². The van der Waals surface area contributed by atoms with Gasteiger partial charge < -0.3 is 24.4 Å². The van der Waals surface area contributed by atoms with Crippen LogP contribution in [-0.4, -0.2) is 59.2 Å². The van der Waals surface area contributed by atoms with E-state index in [1.807, 2.05) is 6.92 Å². The molecule has 0 saturated heterocycles. The molecule has 206 valence electrons. The molecule has 0 bridgehead atoms. The molecular formula is C27H55NO5Si2. The minimum atomic E-state index is -2.13. The van der Waals surface area contributed by atoms with Gasteiger partial charge in [0.1, 0.15) is 6.10 Å². The van der Waals surface area contributed by atoms with Gasteiger partial charge in [0.25, 0.3) is 0 Å². The standard InChI is InChI=1S/C27H55NO5Si2/c1-15-22(31-10)21(29)17-23(32-34(11,12)26(4,5)6)19(2)16-20(3)24(18-25(28)30)33-35(13,14)27(7,8)9/h15-16,19,21-24,29H,1,17-18H2,2-14H3,(H2,28,30)/b20-16+/t19-,21+,22+,23-,24-/m0/s1. The summed E-state index contributed by atoms with van der Waals surface area (Å²) in [6.07, 6.45) is 2.47. The Kier molecular flexibility index (Phi) is 12.9. The van der Waals surface area contributed by atoms with Gasteiger partial charge in [-0.3, -0.25) is 4.79 Å². The fraction of sp³-hybridized carbons (Fsp3) is 0.815. The van der Waals surface area contributed by atoms with Crippen LogP contribution in [-0.2, 0) is 18.4 Å². The highest BCUT2D eigenvalue weighted by Gasteiger charge is 2.42. The van der Waals surface area contributed by atoms with E-state index in [0.717, 1.165) is 5.57 Å². The molecule has 0 saturated carbocycles. The van der Waals surface area contributed by atoms with Gasteiger partial charge in [-0.1, -0.05) is 60.6 Å². The van der Waals surface area contributed by atoms with Crippen molar-refractivity contribution in [1.82, 2.24) is 0 Å². The number of aliphatic hydroxyl groups is 1. The summed E-state index contributed by atoms with van der Waals surface area (Å²) < 4.78 is 18.8. The van der Waals surface area contributed by atoms with Crippen LogP contribution in [0.2, 0.25) is 36.3 Å². The lowest BCUT2D eigenvalue weighted by Gasteiger charge is -2.42. The molecule has 0 spiro atoms. The van der Waals surface area contributed by atoms with Crippen LogP contribution in [0.1, 0.15) is 68.2 Å². The van der Waals surface area contributed by atoms with Crippen LogP contribution >= 0.6 is 0 Å². The van der Waals surface area contributed by atoms with Gasteiger partial charge in [0.15, 0.2) is 16.6 Å². The van der Waals surface area contributed by atoms with Crippen LogP contribution < -0.4 is 5.73 Å². The highest BCUT2D eigenvalue weighted by atomic mass is 28.4. The Morgan fingerprint density at radius 3 is 1.86 bits per heavy atom. The minimum Gasteiger partial charge on any atom is -0.413 e. The van der Waals surface area contributed by atoms with Gasteiger partial charge in [0.2, 0.25) is 5.91 Å². The SMILES string of the molecule is C=C[C@@H](OC)[C@H](O)C[C@H](O[Si](C)(C)C(C)(C)C)[C@@H](C)/C=C(\C)[C@H](CC(N)=O)O[Si](C)(C)C(C)(C)C. The smallest absolute Gasteiger partial charge is 0.220 e. The van der Waals surface area contributed by atoms with E-state index in [-0.39, 0.29) is 40.5 Å². The second-order valence-corrected chi connectivity index (χ2v) is 22.5. The Morgan fingerprint density at radius 1 is 1.03 bits per heavy atom. The number of hydrogen-bond donors (Lipinski definition) is 2. The van der Waals surface area contributed by atoms with Crippen molar-refractivity contribution in [1.29, 1.82) is 0 Å². The summed E-state index contributed by atoms with van der Waals surface area (Å²) >= 11 is 0. The van der Waals surface area contributed by atoms with Crippen molar-refractivity contribution in [3.63, 3.8) is 0 Å². The molecule has 8 heteroatoms. The number of rotatable bonds is 14. The first-order valence-corrected chi connectivity index (χ1v) is 18.6. The third-order valence-corrected chi connectivity index (χ3v) is 16.8. The lowest BCUT2D eigenvalue weighted by atomic mass is 9.93. The van der Waals surface area contributed by atoms with E-state index in [1.165, 1.54) is 0 Å². The normalized spacial score (nSPS) is 18.5. The summed E-state index contributed by atoms with van der Waals surface area (Å²) in [6.45, 7) is 29.8. The van der Waals surface area contributed by atoms with Gasteiger partial charge in [-0.15, -0.1) is 6.58 Å². The average Bonchev–Trinajstić information content (AvgIpc) is 2.65. The summed E-state index contributed by atoms with van der Waals surface area (Å²) in [6, 6.07) is 0. The van der Waals surface area contributed by atoms with Gasteiger partial charge in [-0.25, -0.2) is 0 Å². The number of nitrogens with two attached hydrogens (primary N) is 1. The molecule has 3 N–H and O–H groups in total. The van der Waals surface area contributed by atoms with Gasteiger partial charge in [-0.2, -0.15) is 0 Å². The van der Waals surface area contributed by atoms with Crippen molar-refractivity contribution in [3.8, 4) is 0 Å². The van der Waals surface area contributed by atoms with Gasteiger partial charge in [-0.05, 0) is 54.7 Å².